The molecule has 0 bridgehead atoms. The molecule has 1 atom stereocenters. The lowest BCUT2D eigenvalue weighted by Gasteiger charge is -2.16. The van der Waals surface area contributed by atoms with E-state index in [4.69, 9.17) is 4.52 Å². The van der Waals surface area contributed by atoms with E-state index < -0.39 is 5.25 Å². The summed E-state index contributed by atoms with van der Waals surface area (Å²) in [5.74, 6) is 1.07. The van der Waals surface area contributed by atoms with Crippen LogP contribution in [0.2, 0.25) is 0 Å². The Hall–Kier alpha value is -2.12. The van der Waals surface area contributed by atoms with Crippen LogP contribution >= 0.6 is 27.7 Å². The predicted octanol–water partition coefficient (Wildman–Crippen LogP) is 5.50. The molecule has 1 N–H and O–H groups in total. The Balaban J connectivity index is 1.78. The van der Waals surface area contributed by atoms with Crippen LogP contribution in [0.1, 0.15) is 22.1 Å². The van der Waals surface area contributed by atoms with Gasteiger partial charge in [-0.15, -0.1) is 11.8 Å². The fourth-order valence-corrected chi connectivity index (χ4v) is 4.21. The van der Waals surface area contributed by atoms with Crippen LogP contribution in [0, 0.1) is 12.7 Å². The minimum Gasteiger partial charge on any atom is -0.360 e. The van der Waals surface area contributed by atoms with Crippen molar-refractivity contribution in [1.29, 1.82) is 0 Å². The van der Waals surface area contributed by atoms with Crippen LogP contribution in [0.25, 0.3) is 0 Å². The number of aromatic nitrogens is 1. The zero-order valence-electron chi connectivity index (χ0n) is 13.9. The van der Waals surface area contributed by atoms with E-state index in [1.165, 1.54) is 23.9 Å². The van der Waals surface area contributed by atoms with Crippen LogP contribution in [0.15, 0.2) is 63.6 Å². The van der Waals surface area contributed by atoms with Crippen LogP contribution in [0.4, 0.5) is 10.2 Å². The van der Waals surface area contributed by atoms with Gasteiger partial charge in [0.1, 0.15) is 16.8 Å². The van der Waals surface area contributed by atoms with Crippen molar-refractivity contribution in [2.45, 2.75) is 17.9 Å². The number of anilines is 1. The molecule has 0 aliphatic carbocycles. The maximum absolute atomic E-state index is 13.3. The Kier molecular flexibility index (Phi) is 6.11. The Morgan fingerprint density at radius 3 is 2.69 bits per heavy atom. The lowest BCUT2D eigenvalue weighted by molar-refractivity contribution is -0.115. The Bertz CT molecular complexity index is 902. The van der Waals surface area contributed by atoms with Crippen LogP contribution in [-0.2, 0) is 10.5 Å². The highest BCUT2D eigenvalue weighted by Gasteiger charge is 2.22. The summed E-state index contributed by atoms with van der Waals surface area (Å²) in [6.07, 6.45) is 0. The number of hydrogen-bond acceptors (Lipinski definition) is 4. The van der Waals surface area contributed by atoms with Crippen molar-refractivity contribution in [2.24, 2.45) is 0 Å². The van der Waals surface area contributed by atoms with E-state index in [1.807, 2.05) is 30.3 Å². The van der Waals surface area contributed by atoms with Crippen LogP contribution in [-0.4, -0.2) is 11.1 Å². The smallest absolute Gasteiger partial charge is 0.243 e. The quantitative estimate of drug-likeness (QED) is 0.556. The van der Waals surface area contributed by atoms with E-state index in [1.54, 1.807) is 19.1 Å². The van der Waals surface area contributed by atoms with Crippen molar-refractivity contribution in [3.8, 4) is 0 Å². The monoisotopic (exact) mass is 434 g/mol. The van der Waals surface area contributed by atoms with Gasteiger partial charge in [-0.1, -0.05) is 57.5 Å². The largest absolute Gasteiger partial charge is 0.360 e. The molecule has 1 unspecified atom stereocenters. The molecule has 0 radical (unpaired) electrons. The first-order valence-electron chi connectivity index (χ1n) is 7.87. The highest BCUT2D eigenvalue weighted by atomic mass is 79.9. The van der Waals surface area contributed by atoms with Crippen molar-refractivity contribution < 1.29 is 13.7 Å². The Morgan fingerprint density at radius 1 is 1.27 bits per heavy atom. The standard InChI is InChI=1S/C19H16BrFN2O2S/c1-12-9-17(23-25-12)22-19(24)18(13-5-3-2-4-6-13)26-11-14-7-8-15(21)10-16(14)20/h2-10,18H,11H2,1H3,(H,22,23,24). The molecule has 0 aliphatic heterocycles. The molecular formula is C19H16BrFN2O2S. The second-order valence-electron chi connectivity index (χ2n) is 5.65. The molecule has 7 heteroatoms. The molecule has 26 heavy (non-hydrogen) atoms. The van der Waals surface area contributed by atoms with Gasteiger partial charge in [-0.25, -0.2) is 4.39 Å². The van der Waals surface area contributed by atoms with Crippen molar-refractivity contribution in [2.75, 3.05) is 5.32 Å². The lowest BCUT2D eigenvalue weighted by Crippen LogP contribution is -2.19. The number of benzene rings is 2. The molecular weight excluding hydrogens is 419 g/mol. The third-order valence-corrected chi connectivity index (χ3v) is 5.68. The lowest BCUT2D eigenvalue weighted by atomic mass is 10.1. The molecule has 1 aromatic heterocycles. The highest BCUT2D eigenvalue weighted by Crippen LogP contribution is 2.34. The number of amides is 1. The minimum absolute atomic E-state index is 0.187. The summed E-state index contributed by atoms with van der Waals surface area (Å²) in [5.41, 5.74) is 1.80. The molecule has 3 aromatic rings. The molecule has 1 amide bonds. The van der Waals surface area contributed by atoms with E-state index >= 15 is 0 Å². The van der Waals surface area contributed by atoms with Gasteiger partial charge in [-0.05, 0) is 30.2 Å². The third kappa shape index (κ3) is 4.74. The van der Waals surface area contributed by atoms with Gasteiger partial charge in [-0.3, -0.25) is 4.79 Å². The van der Waals surface area contributed by atoms with Crippen LogP contribution in [0.5, 0.6) is 0 Å². The second kappa shape index (κ2) is 8.51. The first-order valence-corrected chi connectivity index (χ1v) is 9.72. The fourth-order valence-electron chi connectivity index (χ4n) is 2.38. The average Bonchev–Trinajstić information content (AvgIpc) is 3.02. The molecule has 4 nitrogen and oxygen atoms in total. The first-order chi connectivity index (χ1) is 12.5. The summed E-state index contributed by atoms with van der Waals surface area (Å²) in [4.78, 5) is 12.8. The van der Waals surface area contributed by atoms with Crippen molar-refractivity contribution in [1.82, 2.24) is 5.16 Å². The van der Waals surface area contributed by atoms with E-state index in [9.17, 15) is 9.18 Å². The number of nitrogens with zero attached hydrogens (tertiary/aromatic N) is 1. The number of hydrogen-bond donors (Lipinski definition) is 1. The number of nitrogens with one attached hydrogen (secondary N) is 1. The third-order valence-electron chi connectivity index (χ3n) is 3.64. The van der Waals surface area contributed by atoms with Gasteiger partial charge in [-0.2, -0.15) is 0 Å². The first kappa shape index (κ1) is 18.7. The highest BCUT2D eigenvalue weighted by molar-refractivity contribution is 9.10. The summed E-state index contributed by atoms with van der Waals surface area (Å²) in [7, 11) is 0. The molecule has 0 aliphatic rings. The number of carbonyl (C=O) groups is 1. The zero-order valence-corrected chi connectivity index (χ0v) is 16.3. The molecule has 2 aromatic carbocycles. The SMILES string of the molecule is Cc1cc(NC(=O)C(SCc2ccc(F)cc2Br)c2ccccc2)no1. The normalized spacial score (nSPS) is 12.0. The number of aryl methyl sites for hydroxylation is 1. The van der Waals surface area contributed by atoms with Gasteiger partial charge in [0.15, 0.2) is 5.82 Å². The predicted molar refractivity (Wildman–Crippen MR) is 104 cm³/mol. The topological polar surface area (TPSA) is 55.1 Å². The van der Waals surface area contributed by atoms with Crippen molar-refractivity contribution >= 4 is 39.4 Å². The Labute approximate surface area is 163 Å². The van der Waals surface area contributed by atoms with Gasteiger partial charge in [0.25, 0.3) is 0 Å². The maximum Gasteiger partial charge on any atom is 0.243 e. The number of halogens is 2. The number of rotatable bonds is 6. The van der Waals surface area contributed by atoms with Gasteiger partial charge < -0.3 is 9.84 Å². The van der Waals surface area contributed by atoms with Gasteiger partial charge in [0.2, 0.25) is 5.91 Å². The summed E-state index contributed by atoms with van der Waals surface area (Å²) in [5, 5.41) is 6.15. The molecule has 0 saturated heterocycles. The molecule has 0 saturated carbocycles. The van der Waals surface area contributed by atoms with Gasteiger partial charge in [0.05, 0.1) is 0 Å². The van der Waals surface area contributed by atoms with Crippen molar-refractivity contribution in [3.63, 3.8) is 0 Å². The van der Waals surface area contributed by atoms with Crippen LogP contribution in [0.3, 0.4) is 0 Å². The van der Waals surface area contributed by atoms with E-state index in [0.717, 1.165) is 11.1 Å². The second-order valence-corrected chi connectivity index (χ2v) is 7.60. The summed E-state index contributed by atoms with van der Waals surface area (Å²) < 4.78 is 18.9. The molecule has 3 rings (SSSR count). The molecule has 134 valence electrons. The molecule has 0 fully saturated rings. The van der Waals surface area contributed by atoms with E-state index in [2.05, 4.69) is 26.4 Å². The molecule has 1 heterocycles. The number of thioether (sulfide) groups is 1. The van der Waals surface area contributed by atoms with Crippen molar-refractivity contribution in [3.05, 3.63) is 81.8 Å². The molecule has 0 spiro atoms. The van der Waals surface area contributed by atoms with Crippen LogP contribution < -0.4 is 5.32 Å². The summed E-state index contributed by atoms with van der Waals surface area (Å²) in [6.45, 7) is 1.76. The van der Waals surface area contributed by atoms with E-state index in [0.29, 0.717) is 21.8 Å². The Morgan fingerprint density at radius 2 is 2.04 bits per heavy atom. The average molecular weight is 435 g/mol. The van der Waals surface area contributed by atoms with Gasteiger partial charge in [0, 0.05) is 16.3 Å². The summed E-state index contributed by atoms with van der Waals surface area (Å²) >= 11 is 4.83. The maximum atomic E-state index is 13.3. The van der Waals surface area contributed by atoms with Gasteiger partial charge >= 0.3 is 0 Å². The number of carbonyl (C=O) groups excluding carboxylic acids is 1. The summed E-state index contributed by atoms with van der Waals surface area (Å²) in [6, 6.07) is 15.7. The van der Waals surface area contributed by atoms with E-state index in [-0.39, 0.29) is 11.7 Å². The fraction of sp³-hybridized carbons (Fsp3) is 0.158. The zero-order chi connectivity index (χ0) is 18.5. The minimum atomic E-state index is -0.440.